The van der Waals surface area contributed by atoms with Crippen LogP contribution in [-0.2, 0) is 11.2 Å². The van der Waals surface area contributed by atoms with Crippen LogP contribution in [0, 0.1) is 0 Å². The van der Waals surface area contributed by atoms with E-state index in [0.717, 1.165) is 4.88 Å². The Morgan fingerprint density at radius 2 is 2.38 bits per heavy atom. The highest BCUT2D eigenvalue weighted by Gasteiger charge is 2.27. The molecule has 0 bridgehead atoms. The van der Waals surface area contributed by atoms with Crippen molar-refractivity contribution in [3.05, 3.63) is 22.4 Å². The van der Waals surface area contributed by atoms with Gasteiger partial charge < -0.3 is 5.11 Å². The van der Waals surface area contributed by atoms with Crippen molar-refractivity contribution < 1.29 is 9.90 Å². The van der Waals surface area contributed by atoms with E-state index in [-0.39, 0.29) is 5.78 Å². The molecule has 1 unspecified atom stereocenters. The highest BCUT2D eigenvalue weighted by atomic mass is 32.1. The van der Waals surface area contributed by atoms with Crippen molar-refractivity contribution >= 4 is 17.1 Å². The van der Waals surface area contributed by atoms with Gasteiger partial charge >= 0.3 is 0 Å². The summed E-state index contributed by atoms with van der Waals surface area (Å²) in [5, 5.41) is 11.6. The zero-order valence-corrected chi connectivity index (χ0v) is 8.73. The summed E-state index contributed by atoms with van der Waals surface area (Å²) in [6.07, 6.45) is 0.815. The molecule has 0 aliphatic rings. The molecule has 3 heteroatoms. The molecule has 13 heavy (non-hydrogen) atoms. The van der Waals surface area contributed by atoms with Crippen LogP contribution in [0.5, 0.6) is 0 Å². The minimum Gasteiger partial charge on any atom is -0.382 e. The number of carbonyl (C=O) groups is 1. The average Bonchev–Trinajstić information content (AvgIpc) is 2.57. The first kappa shape index (κ1) is 10.4. The Bertz CT molecular complexity index is 275. The Morgan fingerprint density at radius 3 is 2.85 bits per heavy atom. The summed E-state index contributed by atoms with van der Waals surface area (Å²) in [7, 11) is 0. The Labute approximate surface area is 82.2 Å². The number of hydrogen-bond acceptors (Lipinski definition) is 3. The Hall–Kier alpha value is -0.670. The lowest BCUT2D eigenvalue weighted by molar-refractivity contribution is -0.135. The van der Waals surface area contributed by atoms with Crippen LogP contribution in [0.4, 0.5) is 0 Å². The van der Waals surface area contributed by atoms with E-state index in [1.807, 2.05) is 24.4 Å². The second-order valence-electron chi connectivity index (χ2n) is 3.31. The molecule has 72 valence electrons. The predicted molar refractivity (Wildman–Crippen MR) is 53.9 cm³/mol. The highest BCUT2D eigenvalue weighted by Crippen LogP contribution is 2.16. The summed E-state index contributed by atoms with van der Waals surface area (Å²) in [5.41, 5.74) is -1.16. The minimum atomic E-state index is -1.16. The molecule has 0 radical (unpaired) electrons. The predicted octanol–water partition coefficient (Wildman–Crippen LogP) is 2.02. The first-order valence-electron chi connectivity index (χ1n) is 4.34. The van der Waals surface area contributed by atoms with Crippen LogP contribution < -0.4 is 0 Å². The molecule has 2 nitrogen and oxygen atoms in total. The molecule has 1 heterocycles. The van der Waals surface area contributed by atoms with E-state index >= 15 is 0 Å². The molecule has 0 spiro atoms. The summed E-state index contributed by atoms with van der Waals surface area (Å²) < 4.78 is 0. The summed E-state index contributed by atoms with van der Waals surface area (Å²) in [6.45, 7) is 3.38. The van der Waals surface area contributed by atoms with Crippen LogP contribution in [0.1, 0.15) is 25.1 Å². The van der Waals surface area contributed by atoms with E-state index in [2.05, 4.69) is 0 Å². The van der Waals surface area contributed by atoms with Crippen molar-refractivity contribution in [2.24, 2.45) is 0 Å². The molecule has 0 aromatic carbocycles. The van der Waals surface area contributed by atoms with Crippen molar-refractivity contribution in [3.8, 4) is 0 Å². The van der Waals surface area contributed by atoms with Gasteiger partial charge in [0.15, 0.2) is 5.78 Å². The van der Waals surface area contributed by atoms with E-state index in [0.29, 0.717) is 12.8 Å². The van der Waals surface area contributed by atoms with Gasteiger partial charge in [-0.1, -0.05) is 13.0 Å². The Kier molecular flexibility index (Phi) is 3.22. The molecule has 1 N–H and O–H groups in total. The fourth-order valence-electron chi connectivity index (χ4n) is 0.959. The Balaban J connectivity index is 2.61. The van der Waals surface area contributed by atoms with Gasteiger partial charge in [-0.2, -0.15) is 0 Å². The van der Waals surface area contributed by atoms with Gasteiger partial charge in [-0.25, -0.2) is 0 Å². The fourth-order valence-corrected chi connectivity index (χ4v) is 1.66. The molecule has 0 saturated heterocycles. The molecule has 1 atom stereocenters. The second-order valence-corrected chi connectivity index (χ2v) is 4.34. The van der Waals surface area contributed by atoms with Crippen molar-refractivity contribution in [2.45, 2.75) is 32.3 Å². The fraction of sp³-hybridized carbons (Fsp3) is 0.500. The van der Waals surface area contributed by atoms with Gasteiger partial charge in [-0.05, 0) is 24.8 Å². The van der Waals surface area contributed by atoms with Crippen LogP contribution >= 0.6 is 11.3 Å². The average molecular weight is 198 g/mol. The summed E-state index contributed by atoms with van der Waals surface area (Å²) >= 11 is 1.55. The number of carbonyl (C=O) groups excluding carboxylic acids is 1. The molecule has 0 amide bonds. The third-order valence-corrected chi connectivity index (χ3v) is 3.08. The standard InChI is InChI=1S/C10H14O2S/c1-3-10(2,12)9(11)7-8-5-4-6-13-8/h4-6,12H,3,7H2,1-2H3. The van der Waals surface area contributed by atoms with Crippen LogP contribution in [0.3, 0.4) is 0 Å². The quantitative estimate of drug-likeness (QED) is 0.803. The van der Waals surface area contributed by atoms with Gasteiger partial charge in [0.05, 0.1) is 0 Å². The zero-order chi connectivity index (χ0) is 9.90. The first-order valence-corrected chi connectivity index (χ1v) is 5.22. The molecular weight excluding hydrogens is 184 g/mol. The van der Waals surface area contributed by atoms with Gasteiger partial charge in [-0.3, -0.25) is 4.79 Å². The first-order chi connectivity index (χ1) is 6.06. The molecular formula is C10H14O2S. The van der Waals surface area contributed by atoms with E-state index in [4.69, 9.17) is 0 Å². The van der Waals surface area contributed by atoms with Crippen LogP contribution in [0.25, 0.3) is 0 Å². The van der Waals surface area contributed by atoms with Crippen molar-refractivity contribution in [2.75, 3.05) is 0 Å². The number of rotatable bonds is 4. The lowest BCUT2D eigenvalue weighted by Gasteiger charge is -2.18. The van der Waals surface area contributed by atoms with Crippen LogP contribution in [0.15, 0.2) is 17.5 Å². The highest BCUT2D eigenvalue weighted by molar-refractivity contribution is 7.10. The van der Waals surface area contributed by atoms with Gasteiger partial charge in [0.25, 0.3) is 0 Å². The third-order valence-electron chi connectivity index (χ3n) is 2.20. The van der Waals surface area contributed by atoms with Crippen molar-refractivity contribution in [1.82, 2.24) is 0 Å². The lowest BCUT2D eigenvalue weighted by Crippen LogP contribution is -2.35. The third kappa shape index (κ3) is 2.64. The number of Topliss-reactive ketones (excluding diaryl/α,β-unsaturated/α-hetero) is 1. The summed E-state index contributed by atoms with van der Waals surface area (Å²) in [6, 6.07) is 3.82. The molecule has 0 fully saturated rings. The van der Waals surface area contributed by atoms with Crippen molar-refractivity contribution in [3.63, 3.8) is 0 Å². The summed E-state index contributed by atoms with van der Waals surface area (Å²) in [4.78, 5) is 12.5. The molecule has 0 aliphatic carbocycles. The smallest absolute Gasteiger partial charge is 0.169 e. The van der Waals surface area contributed by atoms with Crippen molar-refractivity contribution in [1.29, 1.82) is 0 Å². The minimum absolute atomic E-state index is 0.0996. The maximum Gasteiger partial charge on any atom is 0.169 e. The molecule has 0 saturated carbocycles. The SMILES string of the molecule is CCC(C)(O)C(=O)Cc1cccs1. The topological polar surface area (TPSA) is 37.3 Å². The molecule has 0 aliphatic heterocycles. The lowest BCUT2D eigenvalue weighted by atomic mass is 9.95. The molecule has 1 aromatic heterocycles. The maximum atomic E-state index is 11.5. The van der Waals surface area contributed by atoms with Gasteiger partial charge in [0, 0.05) is 11.3 Å². The molecule has 1 rings (SSSR count). The number of hydrogen-bond donors (Lipinski definition) is 1. The number of thiophene rings is 1. The van der Waals surface area contributed by atoms with Gasteiger partial charge in [0.1, 0.15) is 5.60 Å². The second kappa shape index (κ2) is 4.03. The zero-order valence-electron chi connectivity index (χ0n) is 7.91. The maximum absolute atomic E-state index is 11.5. The monoisotopic (exact) mass is 198 g/mol. The largest absolute Gasteiger partial charge is 0.382 e. The van der Waals surface area contributed by atoms with Gasteiger partial charge in [-0.15, -0.1) is 11.3 Å². The number of aliphatic hydroxyl groups is 1. The Morgan fingerprint density at radius 1 is 1.69 bits per heavy atom. The number of ketones is 1. The normalized spacial score (nSPS) is 15.3. The van der Waals surface area contributed by atoms with E-state index in [1.165, 1.54) is 0 Å². The van der Waals surface area contributed by atoms with Gasteiger partial charge in [0.2, 0.25) is 0 Å². The van der Waals surface area contributed by atoms with E-state index < -0.39 is 5.60 Å². The molecule has 1 aromatic rings. The summed E-state index contributed by atoms with van der Waals surface area (Å²) in [5.74, 6) is -0.0996. The van der Waals surface area contributed by atoms with E-state index in [1.54, 1.807) is 18.3 Å². The van der Waals surface area contributed by atoms with Crippen LogP contribution in [-0.4, -0.2) is 16.5 Å². The van der Waals surface area contributed by atoms with E-state index in [9.17, 15) is 9.90 Å². The van der Waals surface area contributed by atoms with Crippen LogP contribution in [0.2, 0.25) is 0 Å².